The van der Waals surface area contributed by atoms with Crippen LogP contribution in [0.1, 0.15) is 54.9 Å². The molecule has 0 bridgehead atoms. The third-order valence-corrected chi connectivity index (χ3v) is 5.45. The molecule has 1 aliphatic carbocycles. The van der Waals surface area contributed by atoms with Crippen LogP contribution in [0.4, 0.5) is 4.39 Å². The molecule has 1 aromatic carbocycles. The Morgan fingerprint density at radius 2 is 1.96 bits per heavy atom. The van der Waals surface area contributed by atoms with E-state index in [1.165, 1.54) is 31.4 Å². The van der Waals surface area contributed by atoms with Crippen LogP contribution in [0.25, 0.3) is 0 Å². The molecule has 1 aliphatic heterocycles. The Bertz CT molecular complexity index is 710. The summed E-state index contributed by atoms with van der Waals surface area (Å²) in [6.45, 7) is 1.25. The van der Waals surface area contributed by atoms with Gasteiger partial charge in [0.1, 0.15) is 17.5 Å². The van der Waals surface area contributed by atoms with E-state index in [9.17, 15) is 9.50 Å². The van der Waals surface area contributed by atoms with Gasteiger partial charge in [-0.25, -0.2) is 4.39 Å². The van der Waals surface area contributed by atoms with Crippen LogP contribution in [0.5, 0.6) is 0 Å². The number of aliphatic hydroxyl groups is 1. The van der Waals surface area contributed by atoms with Crippen molar-refractivity contribution >= 4 is 0 Å². The van der Waals surface area contributed by atoms with Gasteiger partial charge in [-0.3, -0.25) is 4.90 Å². The molecule has 0 spiro atoms. The van der Waals surface area contributed by atoms with E-state index in [1.54, 1.807) is 0 Å². The summed E-state index contributed by atoms with van der Waals surface area (Å²) in [4.78, 5) is 2.21. The zero-order chi connectivity index (χ0) is 16.7. The number of rotatable bonds is 4. The van der Waals surface area contributed by atoms with E-state index < -0.39 is 0 Å². The molecule has 0 radical (unpaired) electrons. The standard InChI is InChI=1S/C18H23FN4O/c1-22-17(20-21-18(22)13-3-2-4-13)11-23-10-15(24)9-16(23)12-5-7-14(19)8-6-12/h5-8,13,15-16,24H,2-4,9-11H2,1H3/t15-,16-/m0/s1. The predicted octanol–water partition coefficient (Wildman–Crippen LogP) is 2.53. The fourth-order valence-corrected chi connectivity index (χ4v) is 3.80. The topological polar surface area (TPSA) is 54.2 Å². The number of likely N-dealkylation sites (tertiary alicyclic amines) is 1. The quantitative estimate of drug-likeness (QED) is 0.936. The molecule has 2 aliphatic rings. The van der Waals surface area contributed by atoms with Gasteiger partial charge in [0.15, 0.2) is 0 Å². The molecule has 2 atom stereocenters. The Morgan fingerprint density at radius 1 is 1.21 bits per heavy atom. The summed E-state index contributed by atoms with van der Waals surface area (Å²) in [5.74, 6) is 2.32. The van der Waals surface area contributed by atoms with Crippen molar-refractivity contribution in [3.8, 4) is 0 Å². The van der Waals surface area contributed by atoms with Gasteiger partial charge in [-0.1, -0.05) is 18.6 Å². The second-order valence-electron chi connectivity index (χ2n) is 7.05. The lowest BCUT2D eigenvalue weighted by molar-refractivity contribution is 0.170. The number of aliphatic hydroxyl groups excluding tert-OH is 1. The molecule has 1 aromatic heterocycles. The van der Waals surface area contributed by atoms with E-state index >= 15 is 0 Å². The molecular weight excluding hydrogens is 307 g/mol. The fourth-order valence-electron chi connectivity index (χ4n) is 3.80. The van der Waals surface area contributed by atoms with Gasteiger partial charge in [-0.15, -0.1) is 10.2 Å². The lowest BCUT2D eigenvalue weighted by atomic mass is 9.85. The normalized spacial score (nSPS) is 25.1. The number of benzene rings is 1. The van der Waals surface area contributed by atoms with Crippen LogP contribution in [0.3, 0.4) is 0 Å². The number of hydrogen-bond acceptors (Lipinski definition) is 4. The molecular formula is C18H23FN4O. The average Bonchev–Trinajstić information content (AvgIpc) is 3.04. The van der Waals surface area contributed by atoms with Crippen LogP contribution in [0, 0.1) is 5.82 Å². The van der Waals surface area contributed by atoms with Crippen LogP contribution in [0.2, 0.25) is 0 Å². The van der Waals surface area contributed by atoms with Gasteiger partial charge in [0.25, 0.3) is 0 Å². The lowest BCUT2D eigenvalue weighted by Crippen LogP contribution is -2.26. The molecule has 1 saturated carbocycles. The molecule has 0 amide bonds. The van der Waals surface area contributed by atoms with Gasteiger partial charge in [-0.2, -0.15) is 0 Å². The minimum atomic E-state index is -0.362. The highest BCUT2D eigenvalue weighted by Crippen LogP contribution is 2.36. The van der Waals surface area contributed by atoms with Crippen LogP contribution < -0.4 is 0 Å². The maximum atomic E-state index is 13.2. The SMILES string of the molecule is Cn1c(CN2C[C@@H](O)C[C@H]2c2ccc(F)cc2)nnc1C1CCC1. The van der Waals surface area contributed by atoms with Crippen molar-refractivity contribution in [1.82, 2.24) is 19.7 Å². The van der Waals surface area contributed by atoms with E-state index in [4.69, 9.17) is 0 Å². The second-order valence-corrected chi connectivity index (χ2v) is 7.05. The Balaban J connectivity index is 1.54. The summed E-state index contributed by atoms with van der Waals surface area (Å²) < 4.78 is 15.3. The number of halogens is 1. The lowest BCUT2D eigenvalue weighted by Gasteiger charge is -2.26. The molecule has 1 saturated heterocycles. The first-order chi connectivity index (χ1) is 11.6. The number of nitrogens with zero attached hydrogens (tertiary/aromatic N) is 4. The van der Waals surface area contributed by atoms with Crippen LogP contribution in [-0.4, -0.2) is 37.4 Å². The van der Waals surface area contributed by atoms with E-state index in [-0.39, 0.29) is 18.0 Å². The molecule has 2 heterocycles. The van der Waals surface area contributed by atoms with Crippen molar-refractivity contribution in [2.75, 3.05) is 6.54 Å². The van der Waals surface area contributed by atoms with Crippen molar-refractivity contribution in [1.29, 1.82) is 0 Å². The average molecular weight is 330 g/mol. The van der Waals surface area contributed by atoms with Crippen LogP contribution in [-0.2, 0) is 13.6 Å². The third-order valence-electron chi connectivity index (χ3n) is 5.45. The largest absolute Gasteiger partial charge is 0.392 e. The zero-order valence-corrected chi connectivity index (χ0v) is 13.9. The number of β-amino-alcohol motifs (C(OH)–C–C–N with tert-alkyl or cyclic N) is 1. The Morgan fingerprint density at radius 3 is 2.62 bits per heavy atom. The minimum Gasteiger partial charge on any atom is -0.392 e. The Hall–Kier alpha value is -1.79. The first-order valence-corrected chi connectivity index (χ1v) is 8.67. The van der Waals surface area contributed by atoms with E-state index in [2.05, 4.69) is 19.7 Å². The molecule has 128 valence electrons. The highest BCUT2D eigenvalue weighted by molar-refractivity contribution is 5.21. The zero-order valence-electron chi connectivity index (χ0n) is 13.9. The molecule has 24 heavy (non-hydrogen) atoms. The maximum absolute atomic E-state index is 13.2. The number of aromatic nitrogens is 3. The van der Waals surface area contributed by atoms with Gasteiger partial charge in [-0.05, 0) is 37.0 Å². The third kappa shape index (κ3) is 2.84. The molecule has 2 fully saturated rings. The van der Waals surface area contributed by atoms with Gasteiger partial charge >= 0.3 is 0 Å². The maximum Gasteiger partial charge on any atom is 0.146 e. The summed E-state index contributed by atoms with van der Waals surface area (Å²) in [7, 11) is 2.03. The van der Waals surface area contributed by atoms with Crippen molar-refractivity contribution in [2.45, 2.75) is 50.3 Å². The Labute approximate surface area is 141 Å². The van der Waals surface area contributed by atoms with Crippen molar-refractivity contribution in [2.24, 2.45) is 7.05 Å². The number of hydrogen-bond donors (Lipinski definition) is 1. The smallest absolute Gasteiger partial charge is 0.146 e. The first-order valence-electron chi connectivity index (χ1n) is 8.67. The fraction of sp³-hybridized carbons (Fsp3) is 0.556. The molecule has 5 nitrogen and oxygen atoms in total. The first kappa shape index (κ1) is 15.7. The van der Waals surface area contributed by atoms with Gasteiger partial charge in [0, 0.05) is 25.6 Å². The van der Waals surface area contributed by atoms with Gasteiger partial charge in [0.2, 0.25) is 0 Å². The molecule has 4 rings (SSSR count). The van der Waals surface area contributed by atoms with Crippen LogP contribution >= 0.6 is 0 Å². The second kappa shape index (κ2) is 6.26. The van der Waals surface area contributed by atoms with Crippen LogP contribution in [0.15, 0.2) is 24.3 Å². The summed E-state index contributed by atoms with van der Waals surface area (Å²) >= 11 is 0. The summed E-state index contributed by atoms with van der Waals surface area (Å²) in [5, 5.41) is 18.9. The van der Waals surface area contributed by atoms with Gasteiger partial charge < -0.3 is 9.67 Å². The van der Waals surface area contributed by atoms with E-state index in [0.717, 1.165) is 17.2 Å². The predicted molar refractivity (Wildman–Crippen MR) is 87.8 cm³/mol. The van der Waals surface area contributed by atoms with Crippen molar-refractivity contribution < 1.29 is 9.50 Å². The van der Waals surface area contributed by atoms with Crippen molar-refractivity contribution in [3.63, 3.8) is 0 Å². The molecule has 0 unspecified atom stereocenters. The van der Waals surface area contributed by atoms with E-state index in [0.29, 0.717) is 25.4 Å². The highest BCUT2D eigenvalue weighted by Gasteiger charge is 2.33. The van der Waals surface area contributed by atoms with Crippen molar-refractivity contribution in [3.05, 3.63) is 47.3 Å². The molecule has 2 aromatic rings. The molecule has 6 heteroatoms. The summed E-state index contributed by atoms with van der Waals surface area (Å²) in [6, 6.07) is 6.66. The van der Waals surface area contributed by atoms with Gasteiger partial charge in [0.05, 0.1) is 12.6 Å². The molecule has 1 N–H and O–H groups in total. The summed E-state index contributed by atoms with van der Waals surface area (Å²) in [6.07, 6.45) is 3.98. The minimum absolute atomic E-state index is 0.0875. The van der Waals surface area contributed by atoms with E-state index in [1.807, 2.05) is 19.2 Å². The monoisotopic (exact) mass is 330 g/mol. The highest BCUT2D eigenvalue weighted by atomic mass is 19.1. The summed E-state index contributed by atoms with van der Waals surface area (Å²) in [5.41, 5.74) is 1.04. The Kier molecular flexibility index (Phi) is 4.10.